The van der Waals surface area contributed by atoms with E-state index in [1.807, 2.05) is 0 Å². The average Bonchev–Trinajstić information content (AvgIpc) is 3.17. The summed E-state index contributed by atoms with van der Waals surface area (Å²) in [6.07, 6.45) is 6.94. The van der Waals surface area contributed by atoms with E-state index in [2.05, 4.69) is 44.8 Å². The highest BCUT2D eigenvalue weighted by Crippen LogP contribution is 2.32. The maximum absolute atomic E-state index is 3.87. The van der Waals surface area contributed by atoms with Gasteiger partial charge in [-0.3, -0.25) is 4.90 Å². The summed E-state index contributed by atoms with van der Waals surface area (Å²) in [5.41, 5.74) is 0.462. The molecule has 3 atom stereocenters. The van der Waals surface area contributed by atoms with Crippen LogP contribution in [-0.2, 0) is 0 Å². The lowest BCUT2D eigenvalue weighted by atomic mass is 9.79. The van der Waals surface area contributed by atoms with Crippen LogP contribution in [0.15, 0.2) is 0 Å². The Bertz CT molecular complexity index is 290. The molecule has 2 rings (SSSR count). The van der Waals surface area contributed by atoms with Crippen molar-refractivity contribution in [1.29, 1.82) is 0 Å². The summed E-state index contributed by atoms with van der Waals surface area (Å²) in [5, 5.41) is 3.87. The zero-order valence-electron chi connectivity index (χ0n) is 14.4. The van der Waals surface area contributed by atoms with E-state index in [0.717, 1.165) is 23.9 Å². The third-order valence-corrected chi connectivity index (χ3v) is 5.07. The first kappa shape index (κ1) is 16.3. The molecule has 1 saturated heterocycles. The van der Waals surface area contributed by atoms with Crippen LogP contribution in [0.3, 0.4) is 0 Å². The van der Waals surface area contributed by atoms with Crippen molar-refractivity contribution in [2.45, 2.75) is 78.8 Å². The summed E-state index contributed by atoms with van der Waals surface area (Å²) in [6.45, 7) is 15.7. The largest absolute Gasteiger partial charge is 0.312 e. The van der Waals surface area contributed by atoms with Crippen molar-refractivity contribution in [2.75, 3.05) is 19.6 Å². The number of rotatable bonds is 6. The molecule has 2 fully saturated rings. The van der Waals surface area contributed by atoms with Crippen LogP contribution < -0.4 is 5.32 Å². The highest BCUT2D eigenvalue weighted by atomic mass is 15.2. The minimum absolute atomic E-state index is 0.462. The Hall–Kier alpha value is -0.0800. The Morgan fingerprint density at radius 3 is 2.40 bits per heavy atom. The quantitative estimate of drug-likeness (QED) is 0.793. The number of nitrogens with zero attached hydrogens (tertiary/aromatic N) is 1. The standard InChI is InChI=1S/C18H36N2/c1-6-14(2)20-12-16(10-18(3,4)5)9-17(13-20)19-11-15-7-8-15/h14-17,19H,6-13H2,1-5H3. The zero-order chi connectivity index (χ0) is 14.8. The molecule has 0 spiro atoms. The van der Waals surface area contributed by atoms with E-state index in [-0.39, 0.29) is 0 Å². The third kappa shape index (κ3) is 5.37. The van der Waals surface area contributed by atoms with Gasteiger partial charge in [0.05, 0.1) is 0 Å². The van der Waals surface area contributed by atoms with Crippen LogP contribution in [0.1, 0.15) is 66.7 Å². The lowest BCUT2D eigenvalue weighted by Crippen LogP contribution is -2.52. The molecule has 0 amide bonds. The molecule has 20 heavy (non-hydrogen) atoms. The number of piperidine rings is 1. The van der Waals surface area contributed by atoms with Gasteiger partial charge in [-0.25, -0.2) is 0 Å². The second-order valence-electron chi connectivity index (χ2n) is 8.63. The van der Waals surface area contributed by atoms with E-state index in [1.54, 1.807) is 0 Å². The maximum Gasteiger partial charge on any atom is 0.0198 e. The van der Waals surface area contributed by atoms with Crippen molar-refractivity contribution in [3.8, 4) is 0 Å². The number of hydrogen-bond acceptors (Lipinski definition) is 2. The molecule has 2 aliphatic rings. The molecular formula is C18H36N2. The monoisotopic (exact) mass is 280 g/mol. The maximum atomic E-state index is 3.87. The first-order valence-electron chi connectivity index (χ1n) is 8.85. The van der Waals surface area contributed by atoms with Crippen molar-refractivity contribution in [3.63, 3.8) is 0 Å². The van der Waals surface area contributed by atoms with Crippen LogP contribution in [0.4, 0.5) is 0 Å². The van der Waals surface area contributed by atoms with Crippen LogP contribution in [0, 0.1) is 17.3 Å². The summed E-state index contributed by atoms with van der Waals surface area (Å²) in [4.78, 5) is 2.74. The van der Waals surface area contributed by atoms with Gasteiger partial charge in [0.25, 0.3) is 0 Å². The molecule has 0 radical (unpaired) electrons. The Morgan fingerprint density at radius 1 is 1.15 bits per heavy atom. The Morgan fingerprint density at radius 2 is 1.85 bits per heavy atom. The van der Waals surface area contributed by atoms with Crippen molar-refractivity contribution in [3.05, 3.63) is 0 Å². The Kier molecular flexibility index (Phi) is 5.53. The fraction of sp³-hybridized carbons (Fsp3) is 1.00. The second kappa shape index (κ2) is 6.79. The topological polar surface area (TPSA) is 15.3 Å². The Labute approximate surface area is 126 Å². The van der Waals surface area contributed by atoms with E-state index >= 15 is 0 Å². The van der Waals surface area contributed by atoms with Gasteiger partial charge in [-0.1, -0.05) is 27.7 Å². The minimum atomic E-state index is 0.462. The molecule has 3 unspecified atom stereocenters. The van der Waals surface area contributed by atoms with Gasteiger partial charge < -0.3 is 5.32 Å². The number of likely N-dealkylation sites (tertiary alicyclic amines) is 1. The molecule has 0 aromatic carbocycles. The summed E-state index contributed by atoms with van der Waals surface area (Å²) < 4.78 is 0. The molecule has 1 aliphatic carbocycles. The molecule has 1 aliphatic heterocycles. The van der Waals surface area contributed by atoms with E-state index in [9.17, 15) is 0 Å². The van der Waals surface area contributed by atoms with Gasteiger partial charge in [0.1, 0.15) is 0 Å². The van der Waals surface area contributed by atoms with E-state index in [1.165, 1.54) is 51.7 Å². The fourth-order valence-electron chi connectivity index (χ4n) is 3.68. The molecule has 1 N–H and O–H groups in total. The molecule has 0 aromatic heterocycles. The Balaban J connectivity index is 1.89. The summed E-state index contributed by atoms with van der Waals surface area (Å²) in [5.74, 6) is 1.87. The molecule has 2 nitrogen and oxygen atoms in total. The second-order valence-corrected chi connectivity index (χ2v) is 8.63. The van der Waals surface area contributed by atoms with Crippen LogP contribution in [-0.4, -0.2) is 36.6 Å². The first-order chi connectivity index (χ1) is 9.37. The lowest BCUT2D eigenvalue weighted by Gasteiger charge is -2.43. The molecule has 1 saturated carbocycles. The summed E-state index contributed by atoms with van der Waals surface area (Å²) in [6, 6.07) is 1.47. The highest BCUT2D eigenvalue weighted by molar-refractivity contribution is 4.88. The van der Waals surface area contributed by atoms with Gasteiger partial charge in [0.2, 0.25) is 0 Å². The number of nitrogens with one attached hydrogen (secondary N) is 1. The van der Waals surface area contributed by atoms with Gasteiger partial charge in [0.15, 0.2) is 0 Å². The van der Waals surface area contributed by atoms with Gasteiger partial charge in [-0.05, 0) is 62.8 Å². The summed E-state index contributed by atoms with van der Waals surface area (Å²) >= 11 is 0. The van der Waals surface area contributed by atoms with Crippen molar-refractivity contribution in [2.24, 2.45) is 17.3 Å². The number of hydrogen-bond donors (Lipinski definition) is 1. The highest BCUT2D eigenvalue weighted by Gasteiger charge is 2.32. The molecule has 1 heterocycles. The predicted molar refractivity (Wildman–Crippen MR) is 88.0 cm³/mol. The van der Waals surface area contributed by atoms with Crippen LogP contribution in [0.25, 0.3) is 0 Å². The van der Waals surface area contributed by atoms with Crippen LogP contribution in [0.5, 0.6) is 0 Å². The average molecular weight is 281 g/mol. The smallest absolute Gasteiger partial charge is 0.0198 e. The SMILES string of the molecule is CCC(C)N1CC(CC(C)(C)C)CC(NCC2CC2)C1. The van der Waals surface area contributed by atoms with Gasteiger partial charge in [-0.2, -0.15) is 0 Å². The minimum Gasteiger partial charge on any atom is -0.312 e. The van der Waals surface area contributed by atoms with E-state index in [0.29, 0.717) is 5.41 Å². The van der Waals surface area contributed by atoms with Crippen molar-refractivity contribution < 1.29 is 0 Å². The summed E-state index contributed by atoms with van der Waals surface area (Å²) in [7, 11) is 0. The fourth-order valence-corrected chi connectivity index (χ4v) is 3.68. The molecule has 0 aromatic rings. The predicted octanol–water partition coefficient (Wildman–Crippen LogP) is 3.91. The van der Waals surface area contributed by atoms with Gasteiger partial charge in [-0.15, -0.1) is 0 Å². The van der Waals surface area contributed by atoms with Crippen LogP contribution in [0.2, 0.25) is 0 Å². The van der Waals surface area contributed by atoms with Crippen molar-refractivity contribution in [1.82, 2.24) is 10.2 Å². The van der Waals surface area contributed by atoms with E-state index in [4.69, 9.17) is 0 Å². The van der Waals surface area contributed by atoms with Gasteiger partial charge in [0, 0.05) is 25.2 Å². The van der Waals surface area contributed by atoms with E-state index < -0.39 is 0 Å². The first-order valence-corrected chi connectivity index (χ1v) is 8.85. The molecular weight excluding hydrogens is 244 g/mol. The molecule has 2 heteroatoms. The third-order valence-electron chi connectivity index (χ3n) is 5.07. The normalized spacial score (nSPS) is 30.4. The lowest BCUT2D eigenvalue weighted by molar-refractivity contribution is 0.0824. The van der Waals surface area contributed by atoms with Gasteiger partial charge >= 0.3 is 0 Å². The van der Waals surface area contributed by atoms with Crippen LogP contribution >= 0.6 is 0 Å². The molecule has 118 valence electrons. The van der Waals surface area contributed by atoms with Crippen molar-refractivity contribution >= 4 is 0 Å². The molecule has 0 bridgehead atoms. The zero-order valence-corrected chi connectivity index (χ0v) is 14.4.